The lowest BCUT2D eigenvalue weighted by Gasteiger charge is -2.07. The third-order valence-electron chi connectivity index (χ3n) is 3.18. The van der Waals surface area contributed by atoms with Crippen molar-refractivity contribution in [2.24, 2.45) is 0 Å². The number of nitrogens with zero attached hydrogens (tertiary/aromatic N) is 1. The molecule has 0 aliphatic heterocycles. The van der Waals surface area contributed by atoms with Crippen LogP contribution in [0.25, 0.3) is 5.69 Å². The summed E-state index contributed by atoms with van der Waals surface area (Å²) >= 11 is 0. The molecule has 0 aliphatic rings. The number of hydrogen-bond acceptors (Lipinski definition) is 3. The molecule has 1 aromatic carbocycles. The van der Waals surface area contributed by atoms with Crippen molar-refractivity contribution < 1.29 is 14.3 Å². The van der Waals surface area contributed by atoms with Crippen molar-refractivity contribution in [3.63, 3.8) is 0 Å². The standard InChI is InChI=1S/C17H20N2O3/c1-2-22-16(20)6-5-11-18-17(21)14-7-9-15(10-8-14)19-12-3-4-13-19/h3-4,7-10,12-13H,2,5-6,11H2,1H3,(H,18,21). The van der Waals surface area contributed by atoms with Gasteiger partial charge in [0.05, 0.1) is 6.61 Å². The van der Waals surface area contributed by atoms with Crippen molar-refractivity contribution in [2.45, 2.75) is 19.8 Å². The predicted molar refractivity (Wildman–Crippen MR) is 84.0 cm³/mol. The molecule has 1 N–H and O–H groups in total. The van der Waals surface area contributed by atoms with E-state index in [1.807, 2.05) is 41.2 Å². The number of amides is 1. The van der Waals surface area contributed by atoms with Gasteiger partial charge in [-0.3, -0.25) is 9.59 Å². The molecule has 0 spiro atoms. The van der Waals surface area contributed by atoms with Crippen LogP contribution in [-0.4, -0.2) is 29.6 Å². The van der Waals surface area contributed by atoms with Gasteiger partial charge < -0.3 is 14.6 Å². The van der Waals surface area contributed by atoms with Crippen LogP contribution in [0.15, 0.2) is 48.8 Å². The van der Waals surface area contributed by atoms with Crippen molar-refractivity contribution in [1.29, 1.82) is 0 Å². The van der Waals surface area contributed by atoms with Crippen LogP contribution >= 0.6 is 0 Å². The van der Waals surface area contributed by atoms with Crippen LogP contribution < -0.4 is 5.32 Å². The van der Waals surface area contributed by atoms with Gasteiger partial charge in [0.15, 0.2) is 0 Å². The van der Waals surface area contributed by atoms with Gasteiger partial charge in [-0.05, 0) is 49.7 Å². The van der Waals surface area contributed by atoms with Gasteiger partial charge in [0.25, 0.3) is 5.91 Å². The zero-order valence-electron chi connectivity index (χ0n) is 12.6. The molecule has 0 fully saturated rings. The van der Waals surface area contributed by atoms with Gasteiger partial charge in [-0.1, -0.05) is 0 Å². The number of benzene rings is 1. The van der Waals surface area contributed by atoms with Crippen molar-refractivity contribution in [3.05, 3.63) is 54.4 Å². The second-order valence-corrected chi connectivity index (χ2v) is 4.80. The summed E-state index contributed by atoms with van der Waals surface area (Å²) in [6.07, 6.45) is 4.79. The minimum Gasteiger partial charge on any atom is -0.466 e. The Morgan fingerprint density at radius 1 is 1.14 bits per heavy atom. The molecule has 1 amide bonds. The van der Waals surface area contributed by atoms with Gasteiger partial charge in [0, 0.05) is 36.6 Å². The van der Waals surface area contributed by atoms with Crippen LogP contribution in [0.1, 0.15) is 30.1 Å². The van der Waals surface area contributed by atoms with Gasteiger partial charge >= 0.3 is 5.97 Å². The van der Waals surface area contributed by atoms with E-state index in [-0.39, 0.29) is 11.9 Å². The maximum atomic E-state index is 12.0. The molecule has 5 heteroatoms. The number of aromatic nitrogens is 1. The number of esters is 1. The molecule has 1 heterocycles. The van der Waals surface area contributed by atoms with Gasteiger partial charge in [0.1, 0.15) is 0 Å². The van der Waals surface area contributed by atoms with E-state index >= 15 is 0 Å². The van der Waals surface area contributed by atoms with Crippen molar-refractivity contribution >= 4 is 11.9 Å². The molecule has 116 valence electrons. The largest absolute Gasteiger partial charge is 0.466 e. The first kappa shape index (κ1) is 15.8. The lowest BCUT2D eigenvalue weighted by Crippen LogP contribution is -2.25. The summed E-state index contributed by atoms with van der Waals surface area (Å²) < 4.78 is 6.80. The van der Waals surface area contributed by atoms with Crippen LogP contribution in [0.4, 0.5) is 0 Å². The highest BCUT2D eigenvalue weighted by Gasteiger charge is 2.06. The number of hydrogen-bond donors (Lipinski definition) is 1. The topological polar surface area (TPSA) is 60.3 Å². The van der Waals surface area contributed by atoms with Crippen molar-refractivity contribution in [2.75, 3.05) is 13.2 Å². The fourth-order valence-electron chi connectivity index (χ4n) is 2.06. The molecule has 22 heavy (non-hydrogen) atoms. The number of nitrogens with one attached hydrogen (secondary N) is 1. The minimum atomic E-state index is -0.229. The minimum absolute atomic E-state index is 0.136. The number of ether oxygens (including phenoxy) is 1. The summed E-state index contributed by atoms with van der Waals surface area (Å²) in [6.45, 7) is 2.62. The summed E-state index contributed by atoms with van der Waals surface area (Å²) in [7, 11) is 0. The Kier molecular flexibility index (Phi) is 5.77. The highest BCUT2D eigenvalue weighted by atomic mass is 16.5. The zero-order valence-corrected chi connectivity index (χ0v) is 12.6. The van der Waals surface area contributed by atoms with Crippen LogP contribution in [0.3, 0.4) is 0 Å². The van der Waals surface area contributed by atoms with Crippen LogP contribution in [0.5, 0.6) is 0 Å². The Morgan fingerprint density at radius 3 is 2.45 bits per heavy atom. The lowest BCUT2D eigenvalue weighted by atomic mass is 10.2. The summed E-state index contributed by atoms with van der Waals surface area (Å²) in [4.78, 5) is 23.1. The maximum absolute atomic E-state index is 12.0. The molecule has 0 aliphatic carbocycles. The van der Waals surface area contributed by atoms with Crippen molar-refractivity contribution in [3.8, 4) is 5.69 Å². The van der Waals surface area contributed by atoms with E-state index < -0.39 is 0 Å². The first-order chi connectivity index (χ1) is 10.7. The maximum Gasteiger partial charge on any atom is 0.305 e. The van der Waals surface area contributed by atoms with E-state index in [0.717, 1.165) is 5.69 Å². The molecular weight excluding hydrogens is 280 g/mol. The lowest BCUT2D eigenvalue weighted by molar-refractivity contribution is -0.143. The Bertz CT molecular complexity index is 603. The molecule has 0 atom stereocenters. The Labute approximate surface area is 129 Å². The van der Waals surface area contributed by atoms with Gasteiger partial charge in [-0.2, -0.15) is 0 Å². The number of carbonyl (C=O) groups is 2. The Balaban J connectivity index is 1.79. The molecule has 2 rings (SSSR count). The molecule has 0 bridgehead atoms. The van der Waals surface area contributed by atoms with Crippen LogP contribution in [-0.2, 0) is 9.53 Å². The highest BCUT2D eigenvalue weighted by molar-refractivity contribution is 5.94. The smallest absolute Gasteiger partial charge is 0.305 e. The average Bonchev–Trinajstić information content (AvgIpc) is 3.06. The number of carbonyl (C=O) groups excluding carboxylic acids is 2. The second-order valence-electron chi connectivity index (χ2n) is 4.80. The fourth-order valence-corrected chi connectivity index (χ4v) is 2.06. The normalized spacial score (nSPS) is 10.2. The van der Waals surface area contributed by atoms with Gasteiger partial charge in [-0.15, -0.1) is 0 Å². The third kappa shape index (κ3) is 4.48. The van der Waals surface area contributed by atoms with E-state index in [9.17, 15) is 9.59 Å². The summed E-state index contributed by atoms with van der Waals surface area (Å²) in [5.41, 5.74) is 1.61. The van der Waals surface area contributed by atoms with Gasteiger partial charge in [-0.25, -0.2) is 0 Å². The summed E-state index contributed by atoms with van der Waals surface area (Å²) in [5.74, 6) is -0.365. The molecule has 0 unspecified atom stereocenters. The number of rotatable bonds is 7. The van der Waals surface area contributed by atoms with E-state index in [1.165, 1.54) is 0 Å². The second kappa shape index (κ2) is 8.02. The van der Waals surface area contributed by atoms with Crippen LogP contribution in [0, 0.1) is 0 Å². The highest BCUT2D eigenvalue weighted by Crippen LogP contribution is 2.10. The van der Waals surface area contributed by atoms with E-state index in [0.29, 0.717) is 31.6 Å². The third-order valence-corrected chi connectivity index (χ3v) is 3.18. The monoisotopic (exact) mass is 300 g/mol. The molecule has 5 nitrogen and oxygen atoms in total. The molecule has 1 aromatic heterocycles. The molecular formula is C17H20N2O3. The zero-order chi connectivity index (χ0) is 15.8. The van der Waals surface area contributed by atoms with E-state index in [4.69, 9.17) is 4.74 Å². The van der Waals surface area contributed by atoms with E-state index in [1.54, 1.807) is 19.1 Å². The predicted octanol–water partition coefficient (Wildman–Crippen LogP) is 2.55. The van der Waals surface area contributed by atoms with Gasteiger partial charge in [0.2, 0.25) is 0 Å². The first-order valence-electron chi connectivity index (χ1n) is 7.38. The molecule has 0 radical (unpaired) electrons. The Morgan fingerprint density at radius 2 is 1.82 bits per heavy atom. The average molecular weight is 300 g/mol. The van der Waals surface area contributed by atoms with Crippen LogP contribution in [0.2, 0.25) is 0 Å². The SMILES string of the molecule is CCOC(=O)CCCNC(=O)c1ccc(-n2cccc2)cc1. The molecule has 0 saturated heterocycles. The first-order valence-corrected chi connectivity index (χ1v) is 7.38. The molecule has 0 saturated carbocycles. The molecule has 2 aromatic rings. The van der Waals surface area contributed by atoms with Crippen molar-refractivity contribution in [1.82, 2.24) is 9.88 Å². The summed E-state index contributed by atoms with van der Waals surface area (Å²) in [5, 5.41) is 2.80. The Hall–Kier alpha value is -2.56. The fraction of sp³-hybridized carbons (Fsp3) is 0.294. The van der Waals surface area contributed by atoms with E-state index in [2.05, 4.69) is 5.32 Å². The summed E-state index contributed by atoms with van der Waals surface area (Å²) in [6, 6.07) is 11.3. The quantitative estimate of drug-likeness (QED) is 0.631.